The van der Waals surface area contributed by atoms with Gasteiger partial charge in [0.15, 0.2) is 0 Å². The van der Waals surface area contributed by atoms with Crippen LogP contribution in [0, 0.1) is 0 Å². The molecule has 6 heteroatoms. The Labute approximate surface area is 168 Å². The van der Waals surface area contributed by atoms with Gasteiger partial charge in [-0.3, -0.25) is 4.79 Å². The van der Waals surface area contributed by atoms with E-state index >= 15 is 0 Å². The van der Waals surface area contributed by atoms with Crippen molar-refractivity contribution in [2.24, 2.45) is 0 Å². The summed E-state index contributed by atoms with van der Waals surface area (Å²) >= 11 is 6.27. The van der Waals surface area contributed by atoms with E-state index in [1.54, 1.807) is 32.4 Å². The number of aromatic amines is 1. The van der Waals surface area contributed by atoms with E-state index in [1.807, 2.05) is 23.2 Å². The molecule has 1 aromatic heterocycles. The summed E-state index contributed by atoms with van der Waals surface area (Å²) < 4.78 is 10.5. The highest BCUT2D eigenvalue weighted by Crippen LogP contribution is 2.32. The fourth-order valence-corrected chi connectivity index (χ4v) is 3.82. The first kappa shape index (κ1) is 18.4. The molecule has 0 saturated carbocycles. The molecule has 5 nitrogen and oxygen atoms in total. The van der Waals surface area contributed by atoms with Gasteiger partial charge in [-0.25, -0.2) is 0 Å². The van der Waals surface area contributed by atoms with Gasteiger partial charge in [-0.1, -0.05) is 29.8 Å². The Balaban J connectivity index is 1.57. The number of fused-ring (bicyclic) bond motifs is 1. The normalized spacial score (nSPS) is 14.1. The number of nitrogens with one attached hydrogen (secondary N) is 1. The summed E-state index contributed by atoms with van der Waals surface area (Å²) in [5, 5.41) is 1.82. The van der Waals surface area contributed by atoms with Crippen molar-refractivity contribution in [3.8, 4) is 11.5 Å². The first-order chi connectivity index (χ1) is 13.6. The number of para-hydroxylation sites is 1. The molecule has 0 bridgehead atoms. The maximum Gasteiger partial charge on any atom is 0.254 e. The predicted octanol–water partition coefficient (Wildman–Crippen LogP) is 4.77. The number of methoxy groups -OCH3 is 2. The number of halogens is 1. The summed E-state index contributed by atoms with van der Waals surface area (Å²) in [6.07, 6.45) is 4.89. The lowest BCUT2D eigenvalue weighted by Gasteiger charge is -2.27. The highest BCUT2D eigenvalue weighted by atomic mass is 35.5. The molecule has 0 aliphatic carbocycles. The highest BCUT2D eigenvalue weighted by Gasteiger charge is 2.22. The maximum atomic E-state index is 12.9. The van der Waals surface area contributed by atoms with Crippen LogP contribution in [0.1, 0.15) is 22.3 Å². The van der Waals surface area contributed by atoms with Crippen molar-refractivity contribution < 1.29 is 14.3 Å². The van der Waals surface area contributed by atoms with Gasteiger partial charge in [0.05, 0.1) is 24.8 Å². The number of aromatic nitrogens is 1. The molecule has 0 saturated heterocycles. The molecule has 0 unspecified atom stereocenters. The molecular weight excluding hydrogens is 376 g/mol. The van der Waals surface area contributed by atoms with Crippen molar-refractivity contribution in [3.63, 3.8) is 0 Å². The number of hydrogen-bond donors (Lipinski definition) is 1. The van der Waals surface area contributed by atoms with Gasteiger partial charge in [-0.2, -0.15) is 0 Å². The van der Waals surface area contributed by atoms with Gasteiger partial charge in [-0.05, 0) is 30.2 Å². The van der Waals surface area contributed by atoms with E-state index in [0.29, 0.717) is 35.2 Å². The Kier molecular flexibility index (Phi) is 5.01. The topological polar surface area (TPSA) is 54.6 Å². The van der Waals surface area contributed by atoms with Crippen LogP contribution >= 0.6 is 11.6 Å². The summed E-state index contributed by atoms with van der Waals surface area (Å²) in [4.78, 5) is 18.0. The largest absolute Gasteiger partial charge is 0.497 e. The number of rotatable bonds is 4. The Morgan fingerprint density at radius 2 is 1.89 bits per heavy atom. The summed E-state index contributed by atoms with van der Waals surface area (Å²) in [7, 11) is 3.15. The average Bonchev–Trinajstić information content (AvgIpc) is 3.18. The lowest BCUT2D eigenvalue weighted by atomic mass is 9.98. The smallest absolute Gasteiger partial charge is 0.254 e. The van der Waals surface area contributed by atoms with Crippen LogP contribution in [0.25, 0.3) is 16.5 Å². The predicted molar refractivity (Wildman–Crippen MR) is 111 cm³/mol. The van der Waals surface area contributed by atoms with E-state index in [0.717, 1.165) is 22.9 Å². The lowest BCUT2D eigenvalue weighted by molar-refractivity contribution is 0.0772. The number of carbonyl (C=O) groups excluding carboxylic acids is 1. The van der Waals surface area contributed by atoms with Gasteiger partial charge < -0.3 is 19.4 Å². The second-order valence-corrected chi connectivity index (χ2v) is 7.10. The van der Waals surface area contributed by atoms with Crippen LogP contribution in [0.5, 0.6) is 11.5 Å². The summed E-state index contributed by atoms with van der Waals surface area (Å²) in [5.41, 5.74) is 3.88. The second kappa shape index (κ2) is 7.60. The molecule has 4 rings (SSSR count). The second-order valence-electron chi connectivity index (χ2n) is 6.70. The molecule has 0 radical (unpaired) electrons. The Morgan fingerprint density at radius 1 is 1.14 bits per heavy atom. The van der Waals surface area contributed by atoms with Crippen LogP contribution in [0.15, 0.2) is 48.7 Å². The number of benzene rings is 2. The fraction of sp³-hybridized carbons (Fsp3) is 0.227. The van der Waals surface area contributed by atoms with Crippen molar-refractivity contribution in [3.05, 3.63) is 64.8 Å². The quantitative estimate of drug-likeness (QED) is 0.691. The molecule has 3 aromatic rings. The van der Waals surface area contributed by atoms with Crippen molar-refractivity contribution in [1.82, 2.24) is 9.88 Å². The molecule has 2 heterocycles. The minimum Gasteiger partial charge on any atom is -0.497 e. The third-order valence-corrected chi connectivity index (χ3v) is 5.42. The number of hydrogen-bond acceptors (Lipinski definition) is 3. The van der Waals surface area contributed by atoms with Gasteiger partial charge in [0, 0.05) is 41.9 Å². The van der Waals surface area contributed by atoms with Crippen molar-refractivity contribution >= 4 is 34.0 Å². The van der Waals surface area contributed by atoms with Crippen molar-refractivity contribution in [1.29, 1.82) is 0 Å². The van der Waals surface area contributed by atoms with Crippen LogP contribution in [0.4, 0.5) is 0 Å². The SMILES string of the molecule is COc1cc(OC)cc(C(=O)N2CC=C(c3c[nH]c4c(Cl)cccc34)CC2)c1. The first-order valence-corrected chi connectivity index (χ1v) is 9.46. The molecule has 1 aliphatic rings. The molecule has 2 aromatic carbocycles. The minimum absolute atomic E-state index is 0.0329. The zero-order valence-electron chi connectivity index (χ0n) is 15.8. The van der Waals surface area contributed by atoms with E-state index in [9.17, 15) is 4.79 Å². The molecule has 1 N–H and O–H groups in total. The molecule has 0 atom stereocenters. The zero-order chi connectivity index (χ0) is 19.7. The summed E-state index contributed by atoms with van der Waals surface area (Å²) in [6.45, 7) is 1.21. The molecule has 1 aliphatic heterocycles. The fourth-order valence-electron chi connectivity index (χ4n) is 3.59. The molecule has 1 amide bonds. The number of nitrogens with zero attached hydrogens (tertiary/aromatic N) is 1. The monoisotopic (exact) mass is 396 g/mol. The molecule has 0 fully saturated rings. The van der Waals surface area contributed by atoms with Gasteiger partial charge in [0.2, 0.25) is 0 Å². The number of ether oxygens (including phenoxy) is 2. The Hall–Kier alpha value is -2.92. The van der Waals surface area contributed by atoms with Gasteiger partial charge in [0.1, 0.15) is 11.5 Å². The number of carbonyl (C=O) groups is 1. The van der Waals surface area contributed by atoms with Crippen molar-refractivity contribution in [2.45, 2.75) is 6.42 Å². The van der Waals surface area contributed by atoms with E-state index in [2.05, 4.69) is 17.1 Å². The van der Waals surface area contributed by atoms with E-state index in [1.165, 1.54) is 5.57 Å². The average molecular weight is 397 g/mol. The van der Waals surface area contributed by atoms with Crippen LogP contribution < -0.4 is 9.47 Å². The van der Waals surface area contributed by atoms with Crippen molar-refractivity contribution in [2.75, 3.05) is 27.3 Å². The van der Waals surface area contributed by atoms with E-state index in [-0.39, 0.29) is 5.91 Å². The third kappa shape index (κ3) is 3.34. The molecule has 0 spiro atoms. The first-order valence-electron chi connectivity index (χ1n) is 9.08. The summed E-state index contributed by atoms with van der Waals surface area (Å²) in [6, 6.07) is 11.1. The zero-order valence-corrected chi connectivity index (χ0v) is 16.5. The van der Waals surface area contributed by atoms with Gasteiger partial charge in [0.25, 0.3) is 5.91 Å². The maximum absolute atomic E-state index is 12.9. The number of amides is 1. The molecule has 28 heavy (non-hydrogen) atoms. The van der Waals surface area contributed by atoms with Crippen LogP contribution in [0.3, 0.4) is 0 Å². The molecule has 144 valence electrons. The summed E-state index contributed by atoms with van der Waals surface area (Å²) in [5.74, 6) is 1.17. The van der Waals surface area contributed by atoms with Crippen LogP contribution in [-0.2, 0) is 0 Å². The standard InChI is InChI=1S/C22H21ClN2O3/c1-27-16-10-15(11-17(12-16)28-2)22(26)25-8-6-14(7-9-25)19-13-24-21-18(19)4-3-5-20(21)23/h3-6,10-13,24H,7-9H2,1-2H3. The Bertz CT molecular complexity index is 1050. The molecular formula is C22H21ClN2O3. The van der Waals surface area contributed by atoms with Gasteiger partial charge >= 0.3 is 0 Å². The Morgan fingerprint density at radius 3 is 2.54 bits per heavy atom. The van der Waals surface area contributed by atoms with Crippen LogP contribution in [-0.4, -0.2) is 43.1 Å². The van der Waals surface area contributed by atoms with E-state index in [4.69, 9.17) is 21.1 Å². The minimum atomic E-state index is -0.0329. The highest BCUT2D eigenvalue weighted by molar-refractivity contribution is 6.35. The third-order valence-electron chi connectivity index (χ3n) is 5.11. The van der Waals surface area contributed by atoms with Crippen LogP contribution in [0.2, 0.25) is 5.02 Å². The number of H-pyrrole nitrogens is 1. The van der Waals surface area contributed by atoms with E-state index < -0.39 is 0 Å². The lowest BCUT2D eigenvalue weighted by Crippen LogP contribution is -2.34. The van der Waals surface area contributed by atoms with Gasteiger partial charge in [-0.15, -0.1) is 0 Å².